The minimum atomic E-state index is -3.23. The highest BCUT2D eigenvalue weighted by Crippen LogP contribution is 2.24. The predicted octanol–water partition coefficient (Wildman–Crippen LogP) is 1.72. The van der Waals surface area contributed by atoms with Gasteiger partial charge in [-0.3, -0.25) is 9.69 Å². The number of sulfone groups is 1. The number of aliphatic carboxylic acids is 1. The number of hydrogen-bond acceptors (Lipinski definition) is 5. The Hall–Kier alpha value is -1.44. The molecule has 0 spiro atoms. The van der Waals surface area contributed by atoms with Gasteiger partial charge in [-0.25, -0.2) is 8.42 Å². The molecular weight excluding hydrogens is 352 g/mol. The van der Waals surface area contributed by atoms with E-state index < -0.39 is 15.8 Å². The lowest BCUT2D eigenvalue weighted by molar-refractivity contribution is -0.144. The monoisotopic (exact) mass is 380 g/mol. The first-order chi connectivity index (χ1) is 12.5. The maximum atomic E-state index is 12.4. The molecule has 0 saturated carbocycles. The molecule has 7 heteroatoms. The molecule has 1 atom stereocenters. The highest BCUT2D eigenvalue weighted by molar-refractivity contribution is 7.91. The first-order valence-electron chi connectivity index (χ1n) is 9.43. The van der Waals surface area contributed by atoms with Gasteiger partial charge in [0.25, 0.3) is 0 Å². The molecule has 0 aromatic heterocycles. The molecule has 0 amide bonds. The van der Waals surface area contributed by atoms with Crippen molar-refractivity contribution in [2.75, 3.05) is 38.5 Å². The van der Waals surface area contributed by atoms with E-state index in [0.29, 0.717) is 24.0 Å². The van der Waals surface area contributed by atoms with Crippen molar-refractivity contribution in [2.45, 2.75) is 36.6 Å². The number of benzene rings is 1. The quantitative estimate of drug-likeness (QED) is 0.810. The summed E-state index contributed by atoms with van der Waals surface area (Å²) >= 11 is 0. The number of carbonyl (C=O) groups is 1. The lowest BCUT2D eigenvalue weighted by Crippen LogP contribution is -2.50. The SMILES string of the molecule is O=C(O)[C@@H]1CCCN(C2CCN(CCS(=O)(=O)c3ccccc3)CC2)C1. The molecule has 3 rings (SSSR count). The lowest BCUT2D eigenvalue weighted by Gasteiger charge is -2.41. The summed E-state index contributed by atoms with van der Waals surface area (Å²) < 4.78 is 24.8. The smallest absolute Gasteiger partial charge is 0.307 e. The van der Waals surface area contributed by atoms with Crippen LogP contribution in [0.5, 0.6) is 0 Å². The molecule has 1 aromatic carbocycles. The number of rotatable bonds is 6. The van der Waals surface area contributed by atoms with E-state index in [1.165, 1.54) is 0 Å². The van der Waals surface area contributed by atoms with Gasteiger partial charge in [-0.15, -0.1) is 0 Å². The van der Waals surface area contributed by atoms with Crippen LogP contribution in [0.3, 0.4) is 0 Å². The van der Waals surface area contributed by atoms with Crippen molar-refractivity contribution in [1.82, 2.24) is 9.80 Å². The molecule has 2 aliphatic heterocycles. The van der Waals surface area contributed by atoms with Gasteiger partial charge in [0.2, 0.25) is 0 Å². The van der Waals surface area contributed by atoms with E-state index in [1.54, 1.807) is 24.3 Å². The molecule has 6 nitrogen and oxygen atoms in total. The number of carboxylic acids is 1. The number of likely N-dealkylation sites (tertiary alicyclic amines) is 2. The fraction of sp³-hybridized carbons (Fsp3) is 0.632. The van der Waals surface area contributed by atoms with Gasteiger partial charge in [0, 0.05) is 19.1 Å². The van der Waals surface area contributed by atoms with Gasteiger partial charge in [0.15, 0.2) is 9.84 Å². The van der Waals surface area contributed by atoms with Gasteiger partial charge in [0.1, 0.15) is 0 Å². The first kappa shape index (κ1) is 19.3. The standard InChI is InChI=1S/C19H28N2O4S/c22-19(23)16-5-4-10-21(15-16)17-8-11-20(12-9-17)13-14-26(24,25)18-6-2-1-3-7-18/h1-3,6-7,16-17H,4-5,8-15H2,(H,22,23)/t16-/m1/s1. The average molecular weight is 381 g/mol. The van der Waals surface area contributed by atoms with Gasteiger partial charge in [-0.2, -0.15) is 0 Å². The molecule has 1 N–H and O–H groups in total. The van der Waals surface area contributed by atoms with Crippen LogP contribution in [-0.4, -0.2) is 73.8 Å². The Balaban J connectivity index is 1.46. The van der Waals surface area contributed by atoms with E-state index in [-0.39, 0.29) is 11.7 Å². The van der Waals surface area contributed by atoms with E-state index in [4.69, 9.17) is 0 Å². The Morgan fingerprint density at radius 1 is 1.08 bits per heavy atom. The summed E-state index contributed by atoms with van der Waals surface area (Å²) in [6.45, 7) is 3.95. The van der Waals surface area contributed by atoms with Gasteiger partial charge in [-0.1, -0.05) is 18.2 Å². The van der Waals surface area contributed by atoms with Crippen LogP contribution in [0.15, 0.2) is 35.2 Å². The van der Waals surface area contributed by atoms with Crippen LogP contribution in [0, 0.1) is 5.92 Å². The molecule has 1 aromatic rings. The van der Waals surface area contributed by atoms with Crippen LogP contribution in [0.2, 0.25) is 0 Å². The van der Waals surface area contributed by atoms with Crippen LogP contribution in [0.1, 0.15) is 25.7 Å². The summed E-state index contributed by atoms with van der Waals surface area (Å²) in [6, 6.07) is 9.05. The Bertz CT molecular complexity index is 700. The molecule has 0 aliphatic carbocycles. The van der Waals surface area contributed by atoms with Crippen molar-refractivity contribution in [3.05, 3.63) is 30.3 Å². The minimum absolute atomic E-state index is 0.145. The second-order valence-corrected chi connectivity index (χ2v) is 9.49. The van der Waals surface area contributed by atoms with Gasteiger partial charge < -0.3 is 10.0 Å². The van der Waals surface area contributed by atoms with E-state index in [2.05, 4.69) is 9.80 Å². The number of piperidine rings is 2. The van der Waals surface area contributed by atoms with E-state index in [0.717, 1.165) is 45.3 Å². The van der Waals surface area contributed by atoms with Gasteiger partial charge in [0.05, 0.1) is 16.6 Å². The molecule has 144 valence electrons. The Kier molecular flexibility index (Phi) is 6.32. The summed E-state index contributed by atoms with van der Waals surface area (Å²) in [5.41, 5.74) is 0. The van der Waals surface area contributed by atoms with E-state index in [1.807, 2.05) is 6.07 Å². The van der Waals surface area contributed by atoms with Crippen LogP contribution in [0.25, 0.3) is 0 Å². The first-order valence-corrected chi connectivity index (χ1v) is 11.1. The van der Waals surface area contributed by atoms with Crippen molar-refractivity contribution in [3.8, 4) is 0 Å². The molecular formula is C19H28N2O4S. The van der Waals surface area contributed by atoms with Crippen molar-refractivity contribution in [1.29, 1.82) is 0 Å². The van der Waals surface area contributed by atoms with Crippen LogP contribution >= 0.6 is 0 Å². The summed E-state index contributed by atoms with van der Waals surface area (Å²) in [5, 5.41) is 9.24. The Morgan fingerprint density at radius 3 is 2.42 bits per heavy atom. The van der Waals surface area contributed by atoms with Crippen molar-refractivity contribution in [2.24, 2.45) is 5.92 Å². The zero-order valence-electron chi connectivity index (χ0n) is 15.1. The second kappa shape index (κ2) is 8.50. The molecule has 2 fully saturated rings. The largest absolute Gasteiger partial charge is 0.481 e. The summed E-state index contributed by atoms with van der Waals surface area (Å²) in [6.07, 6.45) is 3.70. The summed E-state index contributed by atoms with van der Waals surface area (Å²) in [4.78, 5) is 16.2. The minimum Gasteiger partial charge on any atom is -0.481 e. The Morgan fingerprint density at radius 2 is 1.77 bits per heavy atom. The zero-order chi connectivity index (χ0) is 18.6. The maximum absolute atomic E-state index is 12.4. The van der Waals surface area contributed by atoms with E-state index in [9.17, 15) is 18.3 Å². The van der Waals surface area contributed by atoms with Crippen LogP contribution in [0.4, 0.5) is 0 Å². The highest BCUT2D eigenvalue weighted by Gasteiger charge is 2.31. The fourth-order valence-electron chi connectivity index (χ4n) is 4.04. The van der Waals surface area contributed by atoms with Crippen LogP contribution < -0.4 is 0 Å². The number of carboxylic acid groups (broad SMARTS) is 1. The van der Waals surface area contributed by atoms with Crippen molar-refractivity contribution in [3.63, 3.8) is 0 Å². The third kappa shape index (κ3) is 4.84. The fourth-order valence-corrected chi connectivity index (χ4v) is 5.35. The number of hydrogen-bond donors (Lipinski definition) is 1. The van der Waals surface area contributed by atoms with Crippen molar-refractivity contribution >= 4 is 15.8 Å². The predicted molar refractivity (Wildman–Crippen MR) is 99.9 cm³/mol. The third-order valence-corrected chi connectivity index (χ3v) is 7.36. The molecule has 2 saturated heterocycles. The van der Waals surface area contributed by atoms with Gasteiger partial charge in [-0.05, 0) is 57.5 Å². The topological polar surface area (TPSA) is 77.9 Å². The van der Waals surface area contributed by atoms with Crippen molar-refractivity contribution < 1.29 is 18.3 Å². The zero-order valence-corrected chi connectivity index (χ0v) is 15.9. The van der Waals surface area contributed by atoms with Crippen LogP contribution in [-0.2, 0) is 14.6 Å². The van der Waals surface area contributed by atoms with E-state index >= 15 is 0 Å². The molecule has 0 bridgehead atoms. The molecule has 2 aliphatic rings. The molecule has 2 heterocycles. The number of nitrogens with zero attached hydrogens (tertiary/aromatic N) is 2. The average Bonchev–Trinajstić information content (AvgIpc) is 2.68. The molecule has 26 heavy (non-hydrogen) atoms. The highest BCUT2D eigenvalue weighted by atomic mass is 32.2. The normalized spacial score (nSPS) is 23.8. The second-order valence-electron chi connectivity index (χ2n) is 7.38. The lowest BCUT2D eigenvalue weighted by atomic mass is 9.94. The molecule has 0 radical (unpaired) electrons. The molecule has 0 unspecified atom stereocenters. The Labute approximate surface area is 155 Å². The summed E-state index contributed by atoms with van der Waals surface area (Å²) in [5.74, 6) is -0.775. The van der Waals surface area contributed by atoms with Gasteiger partial charge >= 0.3 is 5.97 Å². The maximum Gasteiger partial charge on any atom is 0.307 e. The third-order valence-electron chi connectivity index (χ3n) is 5.65. The summed E-state index contributed by atoms with van der Waals surface area (Å²) in [7, 11) is -3.23.